The summed E-state index contributed by atoms with van der Waals surface area (Å²) in [5.74, 6) is 1.11. The maximum atomic E-state index is 12.0. The molecular formula is C16H25NO2. The number of carbonyl (C=O) groups excluding carboxylic acids is 1. The van der Waals surface area contributed by atoms with Gasteiger partial charge in [-0.25, -0.2) is 0 Å². The molecule has 3 heteroatoms. The Morgan fingerprint density at radius 2 is 1.84 bits per heavy atom. The summed E-state index contributed by atoms with van der Waals surface area (Å²) in [6, 6.07) is 8.06. The number of para-hydroxylation sites is 1. The van der Waals surface area contributed by atoms with Gasteiger partial charge in [-0.1, -0.05) is 39.0 Å². The molecule has 1 rings (SSSR count). The first-order valence-corrected chi connectivity index (χ1v) is 7.01. The Bertz CT molecular complexity index is 415. The number of hydrogen-bond donors (Lipinski definition) is 1. The van der Waals surface area contributed by atoms with E-state index in [1.807, 2.05) is 38.1 Å². The fourth-order valence-corrected chi connectivity index (χ4v) is 1.77. The number of rotatable bonds is 6. The van der Waals surface area contributed by atoms with Crippen LogP contribution in [0.25, 0.3) is 0 Å². The van der Waals surface area contributed by atoms with Gasteiger partial charge in [-0.15, -0.1) is 0 Å². The van der Waals surface area contributed by atoms with Crippen LogP contribution in [0.1, 0.15) is 52.5 Å². The maximum absolute atomic E-state index is 12.0. The van der Waals surface area contributed by atoms with Gasteiger partial charge in [0.05, 0.1) is 0 Å². The standard InChI is InChI=1S/C16H25NO2/c1-6-12(4)17-16(18)13(5)19-15-10-8-7-9-14(15)11(2)3/h7-13H,6H2,1-5H3,(H,17,18)/t12-,13+/m0/s1. The minimum atomic E-state index is -0.478. The third kappa shape index (κ3) is 4.58. The van der Waals surface area contributed by atoms with Crippen molar-refractivity contribution in [3.63, 3.8) is 0 Å². The van der Waals surface area contributed by atoms with E-state index in [9.17, 15) is 4.79 Å². The van der Waals surface area contributed by atoms with Gasteiger partial charge >= 0.3 is 0 Å². The predicted molar refractivity (Wildman–Crippen MR) is 78.5 cm³/mol. The minimum Gasteiger partial charge on any atom is -0.481 e. The fourth-order valence-electron chi connectivity index (χ4n) is 1.77. The van der Waals surface area contributed by atoms with Crippen molar-refractivity contribution in [2.45, 2.75) is 59.1 Å². The molecule has 1 N–H and O–H groups in total. The fraction of sp³-hybridized carbons (Fsp3) is 0.562. The summed E-state index contributed by atoms with van der Waals surface area (Å²) in [6.07, 6.45) is 0.440. The van der Waals surface area contributed by atoms with Crippen LogP contribution in [0.15, 0.2) is 24.3 Å². The molecule has 1 aromatic rings. The number of benzene rings is 1. The average molecular weight is 263 g/mol. The van der Waals surface area contributed by atoms with Crippen LogP contribution in [0.2, 0.25) is 0 Å². The van der Waals surface area contributed by atoms with E-state index in [1.54, 1.807) is 6.92 Å². The Hall–Kier alpha value is -1.51. The van der Waals surface area contributed by atoms with Crippen molar-refractivity contribution >= 4 is 5.91 Å². The lowest BCUT2D eigenvalue weighted by Gasteiger charge is -2.20. The van der Waals surface area contributed by atoms with Gasteiger partial charge in [0, 0.05) is 6.04 Å². The zero-order valence-electron chi connectivity index (χ0n) is 12.6. The highest BCUT2D eigenvalue weighted by Gasteiger charge is 2.18. The zero-order valence-corrected chi connectivity index (χ0v) is 12.6. The van der Waals surface area contributed by atoms with E-state index in [2.05, 4.69) is 19.2 Å². The molecule has 0 saturated heterocycles. The van der Waals surface area contributed by atoms with Crippen molar-refractivity contribution in [1.29, 1.82) is 0 Å². The Morgan fingerprint density at radius 1 is 1.21 bits per heavy atom. The average Bonchev–Trinajstić information content (AvgIpc) is 2.38. The number of amides is 1. The van der Waals surface area contributed by atoms with Gasteiger partial charge in [0.1, 0.15) is 5.75 Å². The van der Waals surface area contributed by atoms with Crippen LogP contribution in [0.3, 0.4) is 0 Å². The van der Waals surface area contributed by atoms with Crippen molar-refractivity contribution in [2.75, 3.05) is 0 Å². The van der Waals surface area contributed by atoms with E-state index in [1.165, 1.54) is 0 Å². The van der Waals surface area contributed by atoms with Crippen LogP contribution in [0.4, 0.5) is 0 Å². The summed E-state index contributed by atoms with van der Waals surface area (Å²) in [5.41, 5.74) is 1.13. The first-order valence-electron chi connectivity index (χ1n) is 7.01. The summed E-state index contributed by atoms with van der Waals surface area (Å²) in [4.78, 5) is 12.0. The Kier molecular flexibility index (Phi) is 5.87. The van der Waals surface area contributed by atoms with Crippen molar-refractivity contribution < 1.29 is 9.53 Å². The topological polar surface area (TPSA) is 38.3 Å². The molecule has 0 saturated carbocycles. The Balaban J connectivity index is 2.71. The number of nitrogens with one attached hydrogen (secondary N) is 1. The molecule has 19 heavy (non-hydrogen) atoms. The van der Waals surface area contributed by atoms with Crippen LogP contribution in [-0.4, -0.2) is 18.1 Å². The van der Waals surface area contributed by atoms with Crippen LogP contribution >= 0.6 is 0 Å². The third-order valence-corrected chi connectivity index (χ3v) is 3.22. The van der Waals surface area contributed by atoms with Crippen molar-refractivity contribution in [3.05, 3.63) is 29.8 Å². The molecule has 1 amide bonds. The molecule has 0 heterocycles. The van der Waals surface area contributed by atoms with Crippen LogP contribution in [0.5, 0.6) is 5.75 Å². The molecule has 0 unspecified atom stereocenters. The second-order valence-corrected chi connectivity index (χ2v) is 5.27. The molecule has 0 spiro atoms. The second-order valence-electron chi connectivity index (χ2n) is 5.27. The van der Waals surface area contributed by atoms with E-state index in [-0.39, 0.29) is 11.9 Å². The number of ether oxygens (including phenoxy) is 1. The Morgan fingerprint density at radius 3 is 2.42 bits per heavy atom. The van der Waals surface area contributed by atoms with E-state index < -0.39 is 6.10 Å². The van der Waals surface area contributed by atoms with E-state index >= 15 is 0 Å². The van der Waals surface area contributed by atoms with Crippen molar-refractivity contribution in [2.24, 2.45) is 0 Å². The molecule has 0 aliphatic heterocycles. The summed E-state index contributed by atoms with van der Waals surface area (Å²) >= 11 is 0. The SMILES string of the molecule is CC[C@H](C)NC(=O)[C@@H](C)Oc1ccccc1C(C)C. The highest BCUT2D eigenvalue weighted by molar-refractivity contribution is 5.81. The van der Waals surface area contributed by atoms with Crippen molar-refractivity contribution in [1.82, 2.24) is 5.32 Å². The first-order chi connectivity index (χ1) is 8.95. The first kappa shape index (κ1) is 15.5. The van der Waals surface area contributed by atoms with Crippen LogP contribution in [0, 0.1) is 0 Å². The lowest BCUT2D eigenvalue weighted by Crippen LogP contribution is -2.41. The maximum Gasteiger partial charge on any atom is 0.260 e. The summed E-state index contributed by atoms with van der Waals surface area (Å²) in [5, 5.41) is 2.93. The van der Waals surface area contributed by atoms with E-state index in [0.717, 1.165) is 17.7 Å². The van der Waals surface area contributed by atoms with Gasteiger partial charge in [-0.05, 0) is 37.8 Å². The molecule has 0 bridgehead atoms. The largest absolute Gasteiger partial charge is 0.481 e. The Labute approximate surface area is 116 Å². The molecule has 0 aliphatic rings. The summed E-state index contributed by atoms with van der Waals surface area (Å²) in [6.45, 7) is 10.1. The molecule has 0 aromatic heterocycles. The highest BCUT2D eigenvalue weighted by Crippen LogP contribution is 2.26. The van der Waals surface area contributed by atoms with Gasteiger partial charge in [0.25, 0.3) is 5.91 Å². The minimum absolute atomic E-state index is 0.0621. The van der Waals surface area contributed by atoms with Crippen molar-refractivity contribution in [3.8, 4) is 5.75 Å². The smallest absolute Gasteiger partial charge is 0.260 e. The monoisotopic (exact) mass is 263 g/mol. The van der Waals surface area contributed by atoms with Gasteiger partial charge in [-0.2, -0.15) is 0 Å². The lowest BCUT2D eigenvalue weighted by atomic mass is 10.0. The molecule has 106 valence electrons. The third-order valence-electron chi connectivity index (χ3n) is 3.22. The zero-order chi connectivity index (χ0) is 14.4. The van der Waals surface area contributed by atoms with E-state index in [4.69, 9.17) is 4.74 Å². The molecule has 0 fully saturated rings. The molecule has 2 atom stereocenters. The van der Waals surface area contributed by atoms with Crippen LogP contribution < -0.4 is 10.1 Å². The van der Waals surface area contributed by atoms with Gasteiger partial charge in [0.2, 0.25) is 0 Å². The van der Waals surface area contributed by atoms with Gasteiger partial charge < -0.3 is 10.1 Å². The normalized spacial score (nSPS) is 14.0. The lowest BCUT2D eigenvalue weighted by molar-refractivity contribution is -0.127. The second kappa shape index (κ2) is 7.17. The summed E-state index contributed by atoms with van der Waals surface area (Å²) in [7, 11) is 0. The molecular weight excluding hydrogens is 238 g/mol. The molecule has 1 aromatic carbocycles. The van der Waals surface area contributed by atoms with Gasteiger partial charge in [-0.3, -0.25) is 4.79 Å². The summed E-state index contributed by atoms with van der Waals surface area (Å²) < 4.78 is 5.80. The molecule has 0 radical (unpaired) electrons. The predicted octanol–water partition coefficient (Wildman–Crippen LogP) is 3.49. The van der Waals surface area contributed by atoms with Crippen LogP contribution in [-0.2, 0) is 4.79 Å². The highest BCUT2D eigenvalue weighted by atomic mass is 16.5. The molecule has 3 nitrogen and oxygen atoms in total. The number of hydrogen-bond acceptors (Lipinski definition) is 2. The quantitative estimate of drug-likeness (QED) is 0.853. The molecule has 0 aliphatic carbocycles. The number of carbonyl (C=O) groups is 1. The van der Waals surface area contributed by atoms with Gasteiger partial charge in [0.15, 0.2) is 6.10 Å². The van der Waals surface area contributed by atoms with E-state index in [0.29, 0.717) is 5.92 Å².